The van der Waals surface area contributed by atoms with Gasteiger partial charge in [0.25, 0.3) is 0 Å². The highest BCUT2D eigenvalue weighted by Gasteiger charge is 2.35. The van der Waals surface area contributed by atoms with Crippen LogP contribution in [0, 0.1) is 5.92 Å². The molecular formula is C15H26N4O2. The molecule has 3 aliphatic rings. The number of hydrogen-bond donors (Lipinski definition) is 1. The molecule has 0 aromatic heterocycles. The zero-order valence-electron chi connectivity index (χ0n) is 12.7. The molecule has 2 heterocycles. The van der Waals surface area contributed by atoms with E-state index in [1.165, 1.54) is 0 Å². The number of carbonyl (C=O) groups is 2. The van der Waals surface area contributed by atoms with Crippen LogP contribution in [0.25, 0.3) is 0 Å². The standard InChI is InChI=1S/C15H26N4O2/c20-14(12-17-6-1-4-16-5-7-17)18-8-10-19(11-9-18)15(21)13-2-3-13/h13,16H,1-12H2. The second-order valence-corrected chi connectivity index (χ2v) is 6.36. The lowest BCUT2D eigenvalue weighted by atomic mass is 10.2. The van der Waals surface area contributed by atoms with Gasteiger partial charge in [0.1, 0.15) is 0 Å². The van der Waals surface area contributed by atoms with E-state index in [-0.39, 0.29) is 11.8 Å². The normalized spacial score (nSPS) is 24.8. The molecule has 2 amide bonds. The van der Waals surface area contributed by atoms with Crippen molar-refractivity contribution in [3.63, 3.8) is 0 Å². The summed E-state index contributed by atoms with van der Waals surface area (Å²) in [4.78, 5) is 30.5. The minimum Gasteiger partial charge on any atom is -0.339 e. The van der Waals surface area contributed by atoms with Crippen LogP contribution in [0.1, 0.15) is 19.3 Å². The number of nitrogens with one attached hydrogen (secondary N) is 1. The summed E-state index contributed by atoms with van der Waals surface area (Å²) in [5.41, 5.74) is 0. The van der Waals surface area contributed by atoms with Crippen molar-refractivity contribution in [1.29, 1.82) is 0 Å². The van der Waals surface area contributed by atoms with Crippen LogP contribution in [0.2, 0.25) is 0 Å². The van der Waals surface area contributed by atoms with Crippen molar-refractivity contribution in [3.05, 3.63) is 0 Å². The molecule has 0 aromatic rings. The Balaban J connectivity index is 1.42. The minimum absolute atomic E-state index is 0.218. The molecule has 0 atom stereocenters. The van der Waals surface area contributed by atoms with Gasteiger partial charge in [0.05, 0.1) is 6.54 Å². The highest BCUT2D eigenvalue weighted by molar-refractivity contribution is 5.82. The summed E-state index contributed by atoms with van der Waals surface area (Å²) in [6.45, 7) is 7.31. The Labute approximate surface area is 126 Å². The fourth-order valence-corrected chi connectivity index (χ4v) is 3.12. The number of amides is 2. The second-order valence-electron chi connectivity index (χ2n) is 6.36. The van der Waals surface area contributed by atoms with Crippen molar-refractivity contribution in [3.8, 4) is 0 Å². The summed E-state index contributed by atoms with van der Waals surface area (Å²) in [5.74, 6) is 0.813. The van der Waals surface area contributed by atoms with Gasteiger partial charge in [-0.25, -0.2) is 0 Å². The molecule has 3 fully saturated rings. The van der Waals surface area contributed by atoms with Crippen LogP contribution in [-0.4, -0.2) is 85.4 Å². The monoisotopic (exact) mass is 294 g/mol. The summed E-state index contributed by atoms with van der Waals surface area (Å²) in [7, 11) is 0. The lowest BCUT2D eigenvalue weighted by Crippen LogP contribution is -2.53. The molecule has 1 saturated carbocycles. The first-order chi connectivity index (χ1) is 10.2. The molecule has 118 valence electrons. The largest absolute Gasteiger partial charge is 0.339 e. The zero-order chi connectivity index (χ0) is 14.7. The second kappa shape index (κ2) is 6.75. The third-order valence-electron chi connectivity index (χ3n) is 4.66. The van der Waals surface area contributed by atoms with E-state index in [9.17, 15) is 9.59 Å². The van der Waals surface area contributed by atoms with Gasteiger partial charge in [0.2, 0.25) is 11.8 Å². The highest BCUT2D eigenvalue weighted by Crippen LogP contribution is 2.31. The smallest absolute Gasteiger partial charge is 0.236 e. The fraction of sp³-hybridized carbons (Fsp3) is 0.867. The minimum atomic E-state index is 0.218. The number of carbonyl (C=O) groups excluding carboxylic acids is 2. The van der Waals surface area contributed by atoms with E-state index in [2.05, 4.69) is 10.2 Å². The number of nitrogens with zero attached hydrogens (tertiary/aromatic N) is 3. The Kier molecular flexibility index (Phi) is 4.75. The molecule has 3 rings (SSSR count). The molecule has 6 heteroatoms. The fourth-order valence-electron chi connectivity index (χ4n) is 3.12. The van der Waals surface area contributed by atoms with Crippen LogP contribution in [0.5, 0.6) is 0 Å². The first-order valence-electron chi connectivity index (χ1n) is 8.23. The van der Waals surface area contributed by atoms with Gasteiger partial charge in [-0.05, 0) is 32.4 Å². The molecule has 6 nitrogen and oxygen atoms in total. The maximum Gasteiger partial charge on any atom is 0.236 e. The van der Waals surface area contributed by atoms with E-state index in [1.54, 1.807) is 0 Å². The van der Waals surface area contributed by atoms with Gasteiger partial charge in [-0.3, -0.25) is 14.5 Å². The van der Waals surface area contributed by atoms with Gasteiger partial charge in [0.15, 0.2) is 0 Å². The van der Waals surface area contributed by atoms with Crippen molar-refractivity contribution in [1.82, 2.24) is 20.0 Å². The van der Waals surface area contributed by atoms with Crippen LogP contribution in [0.15, 0.2) is 0 Å². The van der Waals surface area contributed by atoms with Crippen LogP contribution >= 0.6 is 0 Å². The number of hydrogen-bond acceptors (Lipinski definition) is 4. The third kappa shape index (κ3) is 3.95. The van der Waals surface area contributed by atoms with Gasteiger partial charge < -0.3 is 15.1 Å². The van der Waals surface area contributed by atoms with Crippen molar-refractivity contribution in [2.75, 3.05) is 58.9 Å². The highest BCUT2D eigenvalue weighted by atomic mass is 16.2. The molecule has 2 saturated heterocycles. The van der Waals surface area contributed by atoms with E-state index in [0.717, 1.165) is 45.4 Å². The molecule has 1 N–H and O–H groups in total. The van der Waals surface area contributed by atoms with Crippen molar-refractivity contribution < 1.29 is 9.59 Å². The van der Waals surface area contributed by atoms with Gasteiger partial charge in [-0.1, -0.05) is 0 Å². The van der Waals surface area contributed by atoms with Crippen LogP contribution in [-0.2, 0) is 9.59 Å². The van der Waals surface area contributed by atoms with Crippen LogP contribution < -0.4 is 5.32 Å². The van der Waals surface area contributed by atoms with Crippen LogP contribution in [0.4, 0.5) is 0 Å². The molecule has 0 aromatic carbocycles. The van der Waals surface area contributed by atoms with Gasteiger partial charge in [-0.2, -0.15) is 0 Å². The molecule has 0 unspecified atom stereocenters. The Morgan fingerprint density at radius 2 is 1.62 bits per heavy atom. The van der Waals surface area contributed by atoms with E-state index < -0.39 is 0 Å². The number of rotatable bonds is 3. The summed E-state index contributed by atoms with van der Waals surface area (Å²) >= 11 is 0. The molecule has 0 radical (unpaired) electrons. The van der Waals surface area contributed by atoms with Crippen molar-refractivity contribution in [2.24, 2.45) is 5.92 Å². The Bertz CT molecular complexity index is 381. The molecule has 0 bridgehead atoms. The first kappa shape index (κ1) is 14.8. The Morgan fingerprint density at radius 1 is 0.905 bits per heavy atom. The summed E-state index contributed by atoms with van der Waals surface area (Å²) in [5, 5.41) is 3.35. The first-order valence-corrected chi connectivity index (χ1v) is 8.23. The topological polar surface area (TPSA) is 55.9 Å². The summed E-state index contributed by atoms with van der Waals surface area (Å²) in [6.07, 6.45) is 3.22. The predicted octanol–water partition coefficient (Wildman–Crippen LogP) is -0.637. The zero-order valence-corrected chi connectivity index (χ0v) is 12.7. The van der Waals surface area contributed by atoms with Crippen LogP contribution in [0.3, 0.4) is 0 Å². The molecular weight excluding hydrogens is 268 g/mol. The molecule has 2 aliphatic heterocycles. The SMILES string of the molecule is O=C(CN1CCCNCC1)N1CCN(C(=O)C2CC2)CC1. The summed E-state index contributed by atoms with van der Waals surface area (Å²) in [6, 6.07) is 0. The van der Waals surface area contributed by atoms with Crippen molar-refractivity contribution in [2.45, 2.75) is 19.3 Å². The molecule has 0 spiro atoms. The molecule has 1 aliphatic carbocycles. The van der Waals surface area contributed by atoms with Gasteiger partial charge in [0, 0.05) is 45.2 Å². The van der Waals surface area contributed by atoms with Crippen molar-refractivity contribution >= 4 is 11.8 Å². The quantitative estimate of drug-likeness (QED) is 0.752. The maximum absolute atomic E-state index is 12.4. The van der Waals surface area contributed by atoms with Gasteiger partial charge in [-0.15, -0.1) is 0 Å². The lowest BCUT2D eigenvalue weighted by molar-refractivity contribution is -0.140. The van der Waals surface area contributed by atoms with E-state index in [1.807, 2.05) is 9.80 Å². The van der Waals surface area contributed by atoms with E-state index in [4.69, 9.17) is 0 Å². The van der Waals surface area contributed by atoms with Gasteiger partial charge >= 0.3 is 0 Å². The van der Waals surface area contributed by atoms with E-state index in [0.29, 0.717) is 38.6 Å². The average molecular weight is 294 g/mol. The third-order valence-corrected chi connectivity index (χ3v) is 4.66. The summed E-state index contributed by atoms with van der Waals surface area (Å²) < 4.78 is 0. The maximum atomic E-state index is 12.4. The molecule has 21 heavy (non-hydrogen) atoms. The Morgan fingerprint density at radius 3 is 2.33 bits per heavy atom. The van der Waals surface area contributed by atoms with E-state index >= 15 is 0 Å². The predicted molar refractivity (Wildman–Crippen MR) is 79.8 cm³/mol. The Hall–Kier alpha value is -1.14. The lowest BCUT2D eigenvalue weighted by Gasteiger charge is -2.35. The average Bonchev–Trinajstić information content (AvgIpc) is 3.34. The number of piperazine rings is 1.